The predicted molar refractivity (Wildman–Crippen MR) is 196 cm³/mol. The Kier molecular flexibility index (Phi) is 19.3. The second kappa shape index (κ2) is 23.4. The zero-order valence-corrected chi connectivity index (χ0v) is 30.6. The lowest BCUT2D eigenvalue weighted by Gasteiger charge is -2.43. The van der Waals surface area contributed by atoms with Gasteiger partial charge in [0.25, 0.3) is 0 Å². The van der Waals surface area contributed by atoms with Crippen LogP contribution in [0.4, 0.5) is 10.5 Å². The summed E-state index contributed by atoms with van der Waals surface area (Å²) in [4.78, 5) is 26.5. The van der Waals surface area contributed by atoms with Gasteiger partial charge in [0.2, 0.25) is 0 Å². The second-order valence-corrected chi connectivity index (χ2v) is 13.4. The fraction of sp³-hybridized carbons (Fsp3) is 0.650. The molecule has 2 aromatic rings. The van der Waals surface area contributed by atoms with E-state index in [4.69, 9.17) is 14.2 Å². The van der Waals surface area contributed by atoms with Gasteiger partial charge in [-0.1, -0.05) is 121 Å². The van der Waals surface area contributed by atoms with Crippen LogP contribution in [0.15, 0.2) is 48.5 Å². The zero-order valence-electron chi connectivity index (χ0n) is 30.6. The van der Waals surface area contributed by atoms with Crippen LogP contribution < -0.4 is 10.6 Å². The molecule has 3 rings (SSSR count). The molecule has 0 aliphatic carbocycles. The minimum absolute atomic E-state index is 0.00278. The third-order valence-corrected chi connectivity index (χ3v) is 9.36. The lowest BCUT2D eigenvalue weighted by molar-refractivity contribution is -0.276. The Morgan fingerprint density at radius 3 is 1.92 bits per heavy atom. The molecule has 4 atom stereocenters. The Labute approximate surface area is 295 Å². The number of esters is 1. The molecule has 1 fully saturated rings. The van der Waals surface area contributed by atoms with E-state index in [9.17, 15) is 14.7 Å². The summed E-state index contributed by atoms with van der Waals surface area (Å²) in [7, 11) is 0. The molecule has 0 radical (unpaired) electrons. The third kappa shape index (κ3) is 14.8. The van der Waals surface area contributed by atoms with Crippen molar-refractivity contribution in [3.05, 3.63) is 65.2 Å². The van der Waals surface area contributed by atoms with Gasteiger partial charge in [0.15, 0.2) is 6.29 Å². The molecule has 1 saturated heterocycles. The molecule has 274 valence electrons. The van der Waals surface area contributed by atoms with Gasteiger partial charge < -0.3 is 34.9 Å². The van der Waals surface area contributed by atoms with Crippen molar-refractivity contribution < 1.29 is 28.9 Å². The van der Waals surface area contributed by atoms with Crippen LogP contribution in [0, 0.1) is 5.92 Å². The fourth-order valence-corrected chi connectivity index (χ4v) is 6.37. The van der Waals surface area contributed by atoms with E-state index >= 15 is 0 Å². The first kappa shape index (κ1) is 40.4. The normalized spacial score (nSPS) is 19.1. The number of hydrogen-bond acceptors (Lipinski definition) is 7. The summed E-state index contributed by atoms with van der Waals surface area (Å²) in [6.07, 6.45) is 14.5. The summed E-state index contributed by atoms with van der Waals surface area (Å²) in [6, 6.07) is 15.0. The highest BCUT2D eigenvalue weighted by atomic mass is 16.7. The van der Waals surface area contributed by atoms with Crippen LogP contribution in [0.3, 0.4) is 0 Å². The Hall–Kier alpha value is -2.98. The number of amides is 2. The zero-order chi connectivity index (χ0) is 35.3. The Bertz CT molecular complexity index is 1180. The van der Waals surface area contributed by atoms with E-state index in [0.29, 0.717) is 5.69 Å². The molecule has 0 saturated carbocycles. The molecule has 3 N–H and O–H groups in total. The molecule has 1 aliphatic heterocycles. The number of unbranched alkanes of at least 4 members (excludes halogenated alkanes) is 10. The van der Waals surface area contributed by atoms with Crippen molar-refractivity contribution in [3.63, 3.8) is 0 Å². The first-order chi connectivity index (χ1) is 23.9. The SMILES string of the molecule is CCCCCCCCN(CCCCCCCC)C[C@H]1O[C@@H](c2ccc(NC(=O)NCC(=O)OCC)cc2)O[C@@H](c2ccc(CO)cc2)[C@H]1C. The highest BCUT2D eigenvalue weighted by Crippen LogP contribution is 2.42. The van der Waals surface area contributed by atoms with Gasteiger partial charge in [0, 0.05) is 23.7 Å². The molecule has 1 heterocycles. The number of benzene rings is 2. The van der Waals surface area contributed by atoms with Gasteiger partial charge in [0.05, 0.1) is 25.4 Å². The van der Waals surface area contributed by atoms with Gasteiger partial charge in [-0.15, -0.1) is 0 Å². The van der Waals surface area contributed by atoms with Gasteiger partial charge >= 0.3 is 12.0 Å². The molecule has 9 heteroatoms. The standard InChI is InChI=1S/C40H63N3O6/c1-5-8-10-12-14-16-26-43(27-17-15-13-11-9-6-2)29-36-31(4)38(33-20-18-32(30-44)19-21-33)49-39(48-36)34-22-24-35(25-23-34)42-40(46)41-28-37(45)47-7-3/h18-25,31,36,38-39,44H,5-17,26-30H2,1-4H3,(H2,41,42,46)/t31-,36+,38+,39+/m0/s1. The average Bonchev–Trinajstić information content (AvgIpc) is 3.11. The Balaban J connectivity index is 1.74. The lowest BCUT2D eigenvalue weighted by atomic mass is 9.90. The number of hydrogen-bond donors (Lipinski definition) is 3. The molecular weight excluding hydrogens is 618 g/mol. The summed E-state index contributed by atoms with van der Waals surface area (Å²) in [5, 5.41) is 14.9. The molecule has 1 aliphatic rings. The number of aliphatic hydroxyl groups is 1. The van der Waals surface area contributed by atoms with Crippen molar-refractivity contribution in [2.24, 2.45) is 5.92 Å². The molecule has 0 bridgehead atoms. The number of rotatable bonds is 23. The number of aliphatic hydroxyl groups excluding tert-OH is 1. The molecule has 9 nitrogen and oxygen atoms in total. The van der Waals surface area contributed by atoms with E-state index in [1.54, 1.807) is 6.92 Å². The van der Waals surface area contributed by atoms with E-state index in [-0.39, 0.29) is 37.9 Å². The first-order valence-electron chi connectivity index (χ1n) is 18.9. The molecular formula is C40H63N3O6. The third-order valence-electron chi connectivity index (χ3n) is 9.36. The van der Waals surface area contributed by atoms with Crippen LogP contribution in [0.2, 0.25) is 0 Å². The quantitative estimate of drug-likeness (QED) is 0.0796. The van der Waals surface area contributed by atoms with Gasteiger partial charge in [-0.25, -0.2) is 4.79 Å². The van der Waals surface area contributed by atoms with E-state index in [1.165, 1.54) is 77.0 Å². The summed E-state index contributed by atoms with van der Waals surface area (Å²) in [6.45, 7) is 11.5. The molecule has 2 aromatic carbocycles. The average molecular weight is 682 g/mol. The maximum absolute atomic E-state index is 12.3. The number of anilines is 1. The lowest BCUT2D eigenvalue weighted by Crippen LogP contribution is -2.45. The van der Waals surface area contributed by atoms with Crippen molar-refractivity contribution >= 4 is 17.7 Å². The number of carbonyl (C=O) groups excluding carboxylic acids is 2. The van der Waals surface area contributed by atoms with E-state index in [2.05, 4.69) is 48.4 Å². The Morgan fingerprint density at radius 1 is 0.776 bits per heavy atom. The Morgan fingerprint density at radius 2 is 1.35 bits per heavy atom. The van der Waals surface area contributed by atoms with Crippen LogP contribution in [-0.2, 0) is 25.6 Å². The van der Waals surface area contributed by atoms with Crippen molar-refractivity contribution in [1.82, 2.24) is 10.2 Å². The van der Waals surface area contributed by atoms with Gasteiger partial charge in [-0.05, 0) is 56.1 Å². The van der Waals surface area contributed by atoms with Gasteiger partial charge in [-0.2, -0.15) is 0 Å². The minimum Gasteiger partial charge on any atom is -0.465 e. The van der Waals surface area contributed by atoms with E-state index < -0.39 is 18.3 Å². The summed E-state index contributed by atoms with van der Waals surface area (Å²) in [5.41, 5.74) is 3.39. The van der Waals surface area contributed by atoms with Crippen molar-refractivity contribution in [2.45, 2.75) is 130 Å². The fourth-order valence-electron chi connectivity index (χ4n) is 6.37. The van der Waals surface area contributed by atoms with E-state index in [0.717, 1.165) is 36.3 Å². The highest BCUT2D eigenvalue weighted by molar-refractivity contribution is 5.91. The van der Waals surface area contributed by atoms with Crippen LogP contribution in [-0.4, -0.2) is 60.9 Å². The molecule has 49 heavy (non-hydrogen) atoms. The molecule has 0 aromatic heterocycles. The number of nitrogens with zero attached hydrogens (tertiary/aromatic N) is 1. The van der Waals surface area contributed by atoms with Gasteiger partial charge in [0.1, 0.15) is 6.54 Å². The van der Waals surface area contributed by atoms with Crippen molar-refractivity contribution in [3.8, 4) is 0 Å². The topological polar surface area (TPSA) is 109 Å². The van der Waals surface area contributed by atoms with Crippen LogP contribution in [0.5, 0.6) is 0 Å². The minimum atomic E-state index is -0.583. The van der Waals surface area contributed by atoms with Gasteiger partial charge in [-0.3, -0.25) is 4.79 Å². The number of carbonyl (C=O) groups is 2. The number of nitrogens with one attached hydrogen (secondary N) is 2. The van der Waals surface area contributed by atoms with Crippen LogP contribution in [0.1, 0.15) is 134 Å². The van der Waals surface area contributed by atoms with E-state index in [1.807, 2.05) is 36.4 Å². The van der Waals surface area contributed by atoms with Crippen LogP contribution in [0.25, 0.3) is 0 Å². The predicted octanol–water partition coefficient (Wildman–Crippen LogP) is 8.68. The second-order valence-electron chi connectivity index (χ2n) is 13.4. The maximum Gasteiger partial charge on any atom is 0.325 e. The monoisotopic (exact) mass is 681 g/mol. The van der Waals surface area contributed by atoms with Crippen molar-refractivity contribution in [2.75, 3.05) is 38.1 Å². The summed E-state index contributed by atoms with van der Waals surface area (Å²) in [5.74, 6) is -0.377. The highest BCUT2D eigenvalue weighted by Gasteiger charge is 2.39. The van der Waals surface area contributed by atoms with Crippen molar-refractivity contribution in [1.29, 1.82) is 0 Å². The smallest absolute Gasteiger partial charge is 0.325 e. The largest absolute Gasteiger partial charge is 0.465 e. The van der Waals surface area contributed by atoms with Crippen LogP contribution >= 0.6 is 0 Å². The number of ether oxygens (including phenoxy) is 3. The molecule has 2 amide bonds. The molecule has 0 spiro atoms. The number of urea groups is 1. The summed E-state index contributed by atoms with van der Waals surface area (Å²) < 4.78 is 18.3. The molecule has 0 unspecified atom stereocenters. The summed E-state index contributed by atoms with van der Waals surface area (Å²) >= 11 is 0. The maximum atomic E-state index is 12.3. The first-order valence-corrected chi connectivity index (χ1v) is 18.9.